The van der Waals surface area contributed by atoms with Crippen molar-refractivity contribution in [2.24, 2.45) is 4.99 Å². The lowest BCUT2D eigenvalue weighted by Gasteiger charge is -2.14. The molecule has 3 N–H and O–H groups in total. The van der Waals surface area contributed by atoms with Crippen molar-refractivity contribution in [1.82, 2.24) is 15.2 Å². The number of aromatic nitrogens is 1. The number of H-pyrrole nitrogens is 1. The van der Waals surface area contributed by atoms with Gasteiger partial charge >= 0.3 is 0 Å². The van der Waals surface area contributed by atoms with E-state index < -0.39 is 4.92 Å². The van der Waals surface area contributed by atoms with Gasteiger partial charge in [0.25, 0.3) is 5.69 Å². The Balaban J connectivity index is 1.50. The first-order valence-corrected chi connectivity index (χ1v) is 13.6. The maximum absolute atomic E-state index is 11.5. The van der Waals surface area contributed by atoms with Crippen LogP contribution in [0.3, 0.4) is 0 Å². The Morgan fingerprint density at radius 3 is 2.42 bits per heavy atom. The summed E-state index contributed by atoms with van der Waals surface area (Å²) in [5.41, 5.74) is 5.28. The number of nitrogens with one attached hydrogen (secondary N) is 2. The van der Waals surface area contributed by atoms with E-state index in [1.165, 1.54) is 37.5 Å². The molecule has 1 aromatic heterocycles. The quantitative estimate of drug-likeness (QED) is 0.105. The minimum absolute atomic E-state index is 0.0425. The molecule has 9 heteroatoms. The Bertz CT molecular complexity index is 1530. The standard InChI is InChI=1S/C31H33N5O4/c1-21(37)32-16-4-5-22-6-10-24(11-7-22)30(29-27-19-26(36(39)40)14-15-28(27)34-31(29)38)33-25-12-8-23(9-13-25)20-35-17-2-3-18-35/h6-15,19,34,38H,2-5,16-18,20H2,1H3,(H,32,37). The summed E-state index contributed by atoms with van der Waals surface area (Å²) in [6, 6.07) is 20.5. The highest BCUT2D eigenvalue weighted by Gasteiger charge is 2.21. The number of fused-ring (bicyclic) bond motifs is 1. The molecule has 9 nitrogen and oxygen atoms in total. The van der Waals surface area contributed by atoms with E-state index in [0.29, 0.717) is 28.7 Å². The summed E-state index contributed by atoms with van der Waals surface area (Å²) in [5, 5.41) is 25.8. The second-order valence-corrected chi connectivity index (χ2v) is 10.2. The van der Waals surface area contributed by atoms with Crippen LogP contribution in [-0.4, -0.2) is 51.2 Å². The van der Waals surface area contributed by atoms with Gasteiger partial charge in [-0.15, -0.1) is 0 Å². The fourth-order valence-corrected chi connectivity index (χ4v) is 5.17. The van der Waals surface area contributed by atoms with Gasteiger partial charge in [-0.05, 0) is 68.1 Å². The molecule has 0 aliphatic carbocycles. The molecule has 4 aromatic rings. The predicted molar refractivity (Wildman–Crippen MR) is 156 cm³/mol. The first kappa shape index (κ1) is 27.1. The van der Waals surface area contributed by atoms with Crippen molar-refractivity contribution in [3.05, 3.63) is 99.1 Å². The zero-order valence-electron chi connectivity index (χ0n) is 22.5. The van der Waals surface area contributed by atoms with Crippen molar-refractivity contribution < 1.29 is 14.8 Å². The van der Waals surface area contributed by atoms with Crippen LogP contribution in [0.25, 0.3) is 10.9 Å². The molecule has 3 aromatic carbocycles. The minimum Gasteiger partial charge on any atom is -0.494 e. The molecule has 5 rings (SSSR count). The van der Waals surface area contributed by atoms with Crippen molar-refractivity contribution in [1.29, 1.82) is 0 Å². The highest BCUT2D eigenvalue weighted by atomic mass is 16.6. The topological polar surface area (TPSA) is 124 Å². The number of nitrogens with zero attached hydrogens (tertiary/aromatic N) is 3. The summed E-state index contributed by atoms with van der Waals surface area (Å²) in [6.07, 6.45) is 4.10. The number of aryl methyl sites for hydroxylation is 1. The van der Waals surface area contributed by atoms with E-state index >= 15 is 0 Å². The van der Waals surface area contributed by atoms with Gasteiger partial charge in [0.2, 0.25) is 5.91 Å². The molecule has 0 bridgehead atoms. The van der Waals surface area contributed by atoms with Gasteiger partial charge in [-0.1, -0.05) is 36.4 Å². The number of aliphatic imine (C=N–C) groups is 1. The van der Waals surface area contributed by atoms with Crippen LogP contribution in [0.5, 0.6) is 5.88 Å². The lowest BCUT2D eigenvalue weighted by molar-refractivity contribution is -0.384. The minimum atomic E-state index is -0.445. The second-order valence-electron chi connectivity index (χ2n) is 10.2. The van der Waals surface area contributed by atoms with E-state index in [2.05, 4.69) is 27.3 Å². The van der Waals surface area contributed by atoms with Gasteiger partial charge in [0.15, 0.2) is 5.88 Å². The van der Waals surface area contributed by atoms with Gasteiger partial charge in [0.05, 0.1) is 21.9 Å². The number of nitro groups is 1. The number of carbonyl (C=O) groups is 1. The Hall–Kier alpha value is -4.50. The molecule has 1 saturated heterocycles. The van der Waals surface area contributed by atoms with Gasteiger partial charge in [-0.25, -0.2) is 4.99 Å². The summed E-state index contributed by atoms with van der Waals surface area (Å²) < 4.78 is 0. The number of aromatic hydroxyl groups is 1. The van der Waals surface area contributed by atoms with Crippen LogP contribution in [0.2, 0.25) is 0 Å². The number of benzene rings is 3. The highest BCUT2D eigenvalue weighted by Crippen LogP contribution is 2.34. The van der Waals surface area contributed by atoms with Gasteiger partial charge in [0, 0.05) is 48.6 Å². The maximum Gasteiger partial charge on any atom is 0.270 e. The van der Waals surface area contributed by atoms with Crippen LogP contribution in [0.4, 0.5) is 11.4 Å². The Morgan fingerprint density at radius 2 is 1.75 bits per heavy atom. The van der Waals surface area contributed by atoms with Gasteiger partial charge in [0.1, 0.15) is 0 Å². The van der Waals surface area contributed by atoms with Crippen LogP contribution in [0.15, 0.2) is 71.7 Å². The number of aromatic amines is 1. The fraction of sp³-hybridized carbons (Fsp3) is 0.290. The van der Waals surface area contributed by atoms with E-state index in [9.17, 15) is 20.0 Å². The summed E-state index contributed by atoms with van der Waals surface area (Å²) in [6.45, 7) is 5.27. The zero-order valence-corrected chi connectivity index (χ0v) is 22.5. The predicted octanol–water partition coefficient (Wildman–Crippen LogP) is 5.62. The van der Waals surface area contributed by atoms with Crippen LogP contribution >= 0.6 is 0 Å². The molecule has 1 fully saturated rings. The van der Waals surface area contributed by atoms with E-state index in [4.69, 9.17) is 4.99 Å². The molecular weight excluding hydrogens is 506 g/mol. The van der Waals surface area contributed by atoms with Crippen molar-refractivity contribution in [2.75, 3.05) is 19.6 Å². The third-order valence-corrected chi connectivity index (χ3v) is 7.24. The number of rotatable bonds is 10. The van der Waals surface area contributed by atoms with E-state index in [0.717, 1.165) is 49.3 Å². The fourth-order valence-electron chi connectivity index (χ4n) is 5.17. The molecule has 40 heavy (non-hydrogen) atoms. The number of amides is 1. The number of non-ortho nitro benzene ring substituents is 1. The molecule has 0 spiro atoms. The van der Waals surface area contributed by atoms with E-state index in [-0.39, 0.29) is 17.5 Å². The summed E-state index contributed by atoms with van der Waals surface area (Å²) in [5.74, 6) is -0.140. The van der Waals surface area contributed by atoms with Gasteiger partial charge in [-0.3, -0.25) is 19.8 Å². The molecule has 206 valence electrons. The molecule has 1 aliphatic rings. The van der Waals surface area contributed by atoms with Crippen LogP contribution in [-0.2, 0) is 17.8 Å². The van der Waals surface area contributed by atoms with Gasteiger partial charge < -0.3 is 15.4 Å². The van der Waals surface area contributed by atoms with Crippen LogP contribution < -0.4 is 5.32 Å². The summed E-state index contributed by atoms with van der Waals surface area (Å²) >= 11 is 0. The number of likely N-dealkylation sites (tertiary alicyclic amines) is 1. The molecular formula is C31H33N5O4. The lowest BCUT2D eigenvalue weighted by Crippen LogP contribution is -2.21. The van der Waals surface area contributed by atoms with E-state index in [1.54, 1.807) is 6.07 Å². The monoisotopic (exact) mass is 539 g/mol. The van der Waals surface area contributed by atoms with Crippen LogP contribution in [0.1, 0.15) is 48.4 Å². The molecule has 0 atom stereocenters. The first-order valence-electron chi connectivity index (χ1n) is 13.6. The third kappa shape index (κ3) is 6.38. The molecule has 0 unspecified atom stereocenters. The van der Waals surface area contributed by atoms with Crippen molar-refractivity contribution in [2.45, 2.75) is 39.2 Å². The molecule has 0 radical (unpaired) electrons. The normalized spacial score (nSPS) is 14.1. The Kier molecular flexibility index (Phi) is 8.21. The average Bonchev–Trinajstić information content (AvgIpc) is 3.57. The average molecular weight is 540 g/mol. The lowest BCUT2D eigenvalue weighted by atomic mass is 9.98. The molecule has 1 amide bonds. The maximum atomic E-state index is 11.5. The first-order chi connectivity index (χ1) is 19.4. The summed E-state index contributed by atoms with van der Waals surface area (Å²) in [4.78, 5) is 32.5. The number of hydrogen-bond acceptors (Lipinski definition) is 6. The molecule has 0 saturated carbocycles. The smallest absolute Gasteiger partial charge is 0.270 e. The molecule has 1 aliphatic heterocycles. The van der Waals surface area contributed by atoms with E-state index in [1.807, 2.05) is 36.4 Å². The number of hydrogen-bond donors (Lipinski definition) is 3. The SMILES string of the molecule is CC(=O)NCCCc1ccc(C(=Nc2ccc(CN3CCCC3)cc2)c2c(O)[nH]c3ccc([N+](=O)[O-])cc23)cc1. The number of nitro benzene ring substituents is 1. The Morgan fingerprint density at radius 1 is 1.05 bits per heavy atom. The van der Waals surface area contributed by atoms with Gasteiger partial charge in [-0.2, -0.15) is 0 Å². The van der Waals surface area contributed by atoms with Crippen LogP contribution in [0, 0.1) is 10.1 Å². The van der Waals surface area contributed by atoms with Crippen molar-refractivity contribution in [3.63, 3.8) is 0 Å². The third-order valence-electron chi connectivity index (χ3n) is 7.24. The van der Waals surface area contributed by atoms with Crippen molar-refractivity contribution >= 4 is 33.9 Å². The zero-order chi connectivity index (χ0) is 28.1. The second kappa shape index (κ2) is 12.1. The summed E-state index contributed by atoms with van der Waals surface area (Å²) in [7, 11) is 0. The molecule has 2 heterocycles. The highest BCUT2D eigenvalue weighted by molar-refractivity contribution is 6.22. The Labute approximate surface area is 232 Å². The number of carbonyl (C=O) groups excluding carboxylic acids is 1. The van der Waals surface area contributed by atoms with Crippen molar-refractivity contribution in [3.8, 4) is 5.88 Å². The largest absolute Gasteiger partial charge is 0.494 e.